The van der Waals surface area contributed by atoms with Crippen molar-refractivity contribution in [1.82, 2.24) is 19.5 Å². The minimum absolute atomic E-state index is 0.230. The van der Waals surface area contributed by atoms with Crippen molar-refractivity contribution in [2.45, 2.75) is 122 Å². The summed E-state index contributed by atoms with van der Waals surface area (Å²) in [6, 6.07) is 0. The van der Waals surface area contributed by atoms with E-state index in [1.807, 2.05) is 0 Å². The smallest absolute Gasteiger partial charge is 0.168 e. The minimum Gasteiger partial charge on any atom is -0.383 e. The second kappa shape index (κ2) is 16.9. The van der Waals surface area contributed by atoms with Crippen LogP contribution in [0.4, 0.5) is 0 Å². The third kappa shape index (κ3) is 8.33. The van der Waals surface area contributed by atoms with Crippen molar-refractivity contribution in [3.63, 3.8) is 0 Å². The summed E-state index contributed by atoms with van der Waals surface area (Å²) >= 11 is 6.33. The number of halogens is 1. The Balaban J connectivity index is 2.11. The van der Waals surface area contributed by atoms with Gasteiger partial charge in [0.25, 0.3) is 0 Å². The zero-order chi connectivity index (χ0) is 29.0. The van der Waals surface area contributed by atoms with Gasteiger partial charge in [0, 0.05) is 26.4 Å². The fraction of sp³-hybridized carbons (Fsp3) is 0.828. The number of aliphatic hydroxyl groups is 1. The summed E-state index contributed by atoms with van der Waals surface area (Å²) in [7, 11) is 0. The zero-order valence-corrected chi connectivity index (χ0v) is 25.6. The number of rotatable bonds is 18. The van der Waals surface area contributed by atoms with Gasteiger partial charge >= 0.3 is 0 Å². The number of aromatic nitrogens is 4. The molecule has 3 rings (SSSR count). The van der Waals surface area contributed by atoms with Crippen molar-refractivity contribution in [3.8, 4) is 0 Å². The van der Waals surface area contributed by atoms with E-state index in [2.05, 4.69) is 42.6 Å². The summed E-state index contributed by atoms with van der Waals surface area (Å²) in [4.78, 5) is 12.9. The number of unbranched alkanes of at least 4 members (excludes halogenated alkanes) is 4. The first-order chi connectivity index (χ1) is 19.4. The molecule has 3 heterocycles. The van der Waals surface area contributed by atoms with E-state index in [4.69, 9.17) is 35.3 Å². The summed E-state index contributed by atoms with van der Waals surface area (Å²) in [5.74, 6) is 0. The molecule has 6 atom stereocenters. The molecule has 2 aromatic rings. The molecule has 0 amide bonds. The van der Waals surface area contributed by atoms with Crippen molar-refractivity contribution in [2.75, 3.05) is 33.0 Å². The lowest BCUT2D eigenvalue weighted by Gasteiger charge is -2.40. The van der Waals surface area contributed by atoms with Crippen LogP contribution in [-0.2, 0) is 23.7 Å². The Kier molecular flexibility index (Phi) is 14.0. The van der Waals surface area contributed by atoms with Gasteiger partial charge in [-0.25, -0.2) is 15.0 Å². The van der Waals surface area contributed by atoms with E-state index in [-0.39, 0.29) is 11.8 Å². The molecule has 0 radical (unpaired) electrons. The molecule has 0 bridgehead atoms. The van der Waals surface area contributed by atoms with E-state index < -0.39 is 36.2 Å². The lowest BCUT2D eigenvalue weighted by Crippen LogP contribution is -2.56. The number of nitrogens with zero attached hydrogens (tertiary/aromatic N) is 4. The van der Waals surface area contributed by atoms with E-state index in [0.29, 0.717) is 37.6 Å². The van der Waals surface area contributed by atoms with Crippen LogP contribution in [0.5, 0.6) is 0 Å². The second-order valence-electron chi connectivity index (χ2n) is 10.7. The first kappa shape index (κ1) is 33.1. The zero-order valence-electron chi connectivity index (χ0n) is 24.9. The lowest BCUT2D eigenvalue weighted by atomic mass is 9.89. The van der Waals surface area contributed by atoms with Gasteiger partial charge in [-0.15, -0.1) is 0 Å². The molecule has 1 fully saturated rings. The molecule has 0 aliphatic carbocycles. The topological polar surface area (TPSA) is 110 Å². The van der Waals surface area contributed by atoms with Crippen LogP contribution in [0.3, 0.4) is 0 Å². The van der Waals surface area contributed by atoms with Gasteiger partial charge < -0.3 is 28.8 Å². The van der Waals surface area contributed by atoms with Gasteiger partial charge in [-0.05, 0) is 32.6 Å². The Morgan fingerprint density at radius 2 is 1.48 bits per heavy atom. The van der Waals surface area contributed by atoms with Crippen molar-refractivity contribution in [1.29, 1.82) is 0 Å². The normalized spacial score (nSPS) is 27.3. The predicted octanol–water partition coefficient (Wildman–Crippen LogP) is 5.50. The van der Waals surface area contributed by atoms with Gasteiger partial charge in [-0.1, -0.05) is 65.0 Å². The third-order valence-electron chi connectivity index (χ3n) is 7.27. The standard InChI is InChI=1S/C29H49ClN4O6/c1-6-10-14-36-18-21-23(37-15-11-7-2)24(38-16-12-8-3)25(39-17-13-9-4)29(5,35)28(40-21)34-20-33-22-26(30)31-19-32-27(22)34/h19-21,23-25,28,35H,6-18H2,1-5H3/t21-,23-,24+,25-,28-,29+/m1/s1. The maximum absolute atomic E-state index is 12.4. The number of ether oxygens (including phenoxy) is 5. The first-order valence-electron chi connectivity index (χ1n) is 15.0. The van der Waals surface area contributed by atoms with Crippen molar-refractivity contribution >= 4 is 22.8 Å². The maximum atomic E-state index is 12.4. The van der Waals surface area contributed by atoms with Gasteiger partial charge in [0.15, 0.2) is 17.0 Å². The summed E-state index contributed by atoms with van der Waals surface area (Å²) in [5, 5.41) is 12.6. The van der Waals surface area contributed by atoms with Crippen LogP contribution < -0.4 is 0 Å². The van der Waals surface area contributed by atoms with Crippen LogP contribution in [0.15, 0.2) is 12.7 Å². The largest absolute Gasteiger partial charge is 0.383 e. The molecule has 2 aromatic heterocycles. The molecule has 228 valence electrons. The highest BCUT2D eigenvalue weighted by atomic mass is 35.5. The molecule has 1 saturated heterocycles. The number of hydrogen-bond acceptors (Lipinski definition) is 9. The highest BCUT2D eigenvalue weighted by Crippen LogP contribution is 2.40. The van der Waals surface area contributed by atoms with Crippen LogP contribution in [-0.4, -0.2) is 87.7 Å². The summed E-state index contributed by atoms with van der Waals surface area (Å²) in [5.41, 5.74) is -0.671. The average Bonchev–Trinajstić information content (AvgIpc) is 3.34. The molecule has 40 heavy (non-hydrogen) atoms. The quantitative estimate of drug-likeness (QED) is 0.179. The predicted molar refractivity (Wildman–Crippen MR) is 155 cm³/mol. The summed E-state index contributed by atoms with van der Waals surface area (Å²) in [6.07, 6.45) is 7.11. The van der Waals surface area contributed by atoms with E-state index >= 15 is 0 Å². The van der Waals surface area contributed by atoms with E-state index in [1.165, 1.54) is 6.33 Å². The molecule has 1 N–H and O–H groups in total. The van der Waals surface area contributed by atoms with Gasteiger partial charge in [-0.2, -0.15) is 0 Å². The van der Waals surface area contributed by atoms with Crippen LogP contribution in [0, 0.1) is 0 Å². The molecule has 1 aliphatic heterocycles. The average molecular weight is 585 g/mol. The van der Waals surface area contributed by atoms with Crippen LogP contribution in [0.1, 0.15) is 92.2 Å². The fourth-order valence-electron chi connectivity index (χ4n) is 4.89. The molecule has 0 spiro atoms. The Morgan fingerprint density at radius 3 is 2.12 bits per heavy atom. The van der Waals surface area contributed by atoms with Gasteiger partial charge in [0.05, 0.1) is 12.9 Å². The molecule has 0 unspecified atom stereocenters. The number of imidazole rings is 1. The van der Waals surface area contributed by atoms with E-state index in [9.17, 15) is 5.11 Å². The Hall–Kier alpha value is -1.40. The Labute approximate surface area is 244 Å². The highest BCUT2D eigenvalue weighted by molar-refractivity contribution is 6.33. The molecule has 10 nitrogen and oxygen atoms in total. The monoisotopic (exact) mass is 584 g/mol. The van der Waals surface area contributed by atoms with E-state index in [1.54, 1.807) is 17.8 Å². The van der Waals surface area contributed by atoms with Crippen LogP contribution >= 0.6 is 11.6 Å². The minimum atomic E-state index is -1.56. The molecular formula is C29H49ClN4O6. The Bertz CT molecular complexity index is 993. The van der Waals surface area contributed by atoms with Gasteiger partial charge in [0.2, 0.25) is 0 Å². The molecule has 1 aliphatic rings. The Morgan fingerprint density at radius 1 is 0.875 bits per heavy atom. The molecule has 0 saturated carbocycles. The number of fused-ring (bicyclic) bond motifs is 1. The first-order valence-corrected chi connectivity index (χ1v) is 15.4. The number of hydrogen-bond donors (Lipinski definition) is 1. The van der Waals surface area contributed by atoms with E-state index in [0.717, 1.165) is 51.4 Å². The van der Waals surface area contributed by atoms with Crippen LogP contribution in [0.2, 0.25) is 5.15 Å². The summed E-state index contributed by atoms with van der Waals surface area (Å²) < 4.78 is 34.1. The van der Waals surface area contributed by atoms with Gasteiger partial charge in [-0.3, -0.25) is 4.57 Å². The van der Waals surface area contributed by atoms with Crippen molar-refractivity contribution < 1.29 is 28.8 Å². The molecule has 0 aromatic carbocycles. The third-order valence-corrected chi connectivity index (χ3v) is 7.55. The molecular weight excluding hydrogens is 536 g/mol. The fourth-order valence-corrected chi connectivity index (χ4v) is 5.07. The van der Waals surface area contributed by atoms with Gasteiger partial charge in [0.1, 0.15) is 41.9 Å². The lowest BCUT2D eigenvalue weighted by molar-refractivity contribution is -0.214. The second-order valence-corrected chi connectivity index (χ2v) is 11.1. The summed E-state index contributed by atoms with van der Waals surface area (Å²) in [6.45, 7) is 12.6. The van der Waals surface area contributed by atoms with Crippen LogP contribution in [0.25, 0.3) is 11.2 Å². The molecule has 11 heteroatoms. The SMILES string of the molecule is CCCCOC[C@H]1O[C@@H](n2cnc3c(Cl)ncnc32)[C@@](C)(O)[C@H](OCCCC)[C@@H](OCCCC)[C@@H]1OCCCC. The van der Waals surface area contributed by atoms with Crippen molar-refractivity contribution in [2.24, 2.45) is 0 Å². The highest BCUT2D eigenvalue weighted by Gasteiger charge is 2.55. The van der Waals surface area contributed by atoms with Crippen molar-refractivity contribution in [3.05, 3.63) is 17.8 Å². The maximum Gasteiger partial charge on any atom is 0.168 e.